The summed E-state index contributed by atoms with van der Waals surface area (Å²) in [6, 6.07) is 0. The highest BCUT2D eigenvalue weighted by Crippen LogP contribution is 2.37. The molecule has 19 heavy (non-hydrogen) atoms. The summed E-state index contributed by atoms with van der Waals surface area (Å²) < 4.78 is 21.2. The van der Waals surface area contributed by atoms with Crippen molar-refractivity contribution in [1.29, 1.82) is 0 Å². The zero-order valence-corrected chi connectivity index (χ0v) is 10.7. The fourth-order valence-electron chi connectivity index (χ4n) is 2.49. The van der Waals surface area contributed by atoms with E-state index < -0.39 is 18.5 Å². The Kier molecular flexibility index (Phi) is 2.94. The second-order valence-electron chi connectivity index (χ2n) is 4.83. The van der Waals surface area contributed by atoms with Crippen LogP contribution in [0.2, 0.25) is 0 Å². The van der Waals surface area contributed by atoms with Gasteiger partial charge in [0.05, 0.1) is 18.6 Å². The number of rotatable bonds is 2. The van der Waals surface area contributed by atoms with Crippen LogP contribution in [0.4, 0.5) is 4.39 Å². The summed E-state index contributed by atoms with van der Waals surface area (Å²) in [4.78, 5) is 12.5. The lowest BCUT2D eigenvalue weighted by Gasteiger charge is -2.16. The molecule has 1 saturated heterocycles. The van der Waals surface area contributed by atoms with E-state index in [0.717, 1.165) is 5.69 Å². The summed E-state index contributed by atoms with van der Waals surface area (Å²) in [5.74, 6) is -0.371. The van der Waals surface area contributed by atoms with Gasteiger partial charge >= 0.3 is 0 Å². The number of ether oxygens (including phenoxy) is 1. The Morgan fingerprint density at radius 1 is 1.42 bits per heavy atom. The standard InChI is InChI=1S/C12H15FN4O2/c1-6-9(13)8(3-18)19-12(6)17-5-16-10-7(2)14-4-15-11(10)17/h4-6,8-9,12,18H,3H2,1-2H3/t6?,8-,9?,12-/m1/s1. The van der Waals surface area contributed by atoms with E-state index in [4.69, 9.17) is 9.84 Å². The highest BCUT2D eigenvalue weighted by molar-refractivity contribution is 5.72. The fourth-order valence-corrected chi connectivity index (χ4v) is 2.49. The molecule has 1 fully saturated rings. The van der Waals surface area contributed by atoms with Crippen LogP contribution in [0.25, 0.3) is 11.2 Å². The SMILES string of the molecule is Cc1ncnc2c1ncn2[C@@H]1O[C@H](CO)C(F)C1C. The number of hydrogen-bond acceptors (Lipinski definition) is 5. The molecule has 0 bridgehead atoms. The van der Waals surface area contributed by atoms with Crippen molar-refractivity contribution >= 4 is 11.2 Å². The number of aliphatic hydroxyl groups excluding tert-OH is 1. The van der Waals surface area contributed by atoms with Crippen molar-refractivity contribution in [3.63, 3.8) is 0 Å². The predicted molar refractivity (Wildman–Crippen MR) is 65.1 cm³/mol. The van der Waals surface area contributed by atoms with E-state index in [-0.39, 0.29) is 12.5 Å². The summed E-state index contributed by atoms with van der Waals surface area (Å²) in [6.07, 6.45) is 0.536. The van der Waals surface area contributed by atoms with E-state index in [9.17, 15) is 4.39 Å². The molecule has 0 saturated carbocycles. The fraction of sp³-hybridized carbons (Fsp3) is 0.583. The molecule has 6 nitrogen and oxygen atoms in total. The van der Waals surface area contributed by atoms with Gasteiger partial charge in [0.15, 0.2) is 5.65 Å². The van der Waals surface area contributed by atoms with Gasteiger partial charge < -0.3 is 9.84 Å². The van der Waals surface area contributed by atoms with E-state index in [0.29, 0.717) is 11.2 Å². The predicted octanol–water partition coefficient (Wildman–Crippen LogP) is 0.999. The van der Waals surface area contributed by atoms with Gasteiger partial charge in [-0.25, -0.2) is 19.3 Å². The van der Waals surface area contributed by atoms with Gasteiger partial charge in [0.2, 0.25) is 0 Å². The Balaban J connectivity index is 2.04. The first-order valence-corrected chi connectivity index (χ1v) is 6.18. The number of fused-ring (bicyclic) bond motifs is 1. The number of imidazole rings is 1. The van der Waals surface area contributed by atoms with Gasteiger partial charge in [-0.15, -0.1) is 0 Å². The summed E-state index contributed by atoms with van der Waals surface area (Å²) in [5, 5.41) is 9.11. The van der Waals surface area contributed by atoms with Crippen molar-refractivity contribution in [1.82, 2.24) is 19.5 Å². The van der Waals surface area contributed by atoms with Crippen LogP contribution in [0, 0.1) is 12.8 Å². The average Bonchev–Trinajstić information content (AvgIpc) is 2.94. The summed E-state index contributed by atoms with van der Waals surface area (Å²) in [6.45, 7) is 3.27. The molecular weight excluding hydrogens is 251 g/mol. The van der Waals surface area contributed by atoms with Crippen LogP contribution in [0.3, 0.4) is 0 Å². The zero-order valence-electron chi connectivity index (χ0n) is 10.7. The Morgan fingerprint density at radius 2 is 2.21 bits per heavy atom. The van der Waals surface area contributed by atoms with Crippen LogP contribution in [-0.2, 0) is 4.74 Å². The van der Waals surface area contributed by atoms with Crippen LogP contribution < -0.4 is 0 Å². The molecule has 2 aromatic heterocycles. The van der Waals surface area contributed by atoms with E-state index in [1.165, 1.54) is 6.33 Å². The number of aryl methyl sites for hydroxylation is 1. The van der Waals surface area contributed by atoms with Gasteiger partial charge in [0, 0.05) is 5.92 Å². The minimum atomic E-state index is -1.20. The van der Waals surface area contributed by atoms with Gasteiger partial charge in [-0.2, -0.15) is 0 Å². The average molecular weight is 266 g/mol. The van der Waals surface area contributed by atoms with Crippen molar-refractivity contribution in [3.05, 3.63) is 18.3 Å². The van der Waals surface area contributed by atoms with Crippen LogP contribution in [0.1, 0.15) is 18.8 Å². The number of aromatic nitrogens is 4. The quantitative estimate of drug-likeness (QED) is 0.877. The number of nitrogens with zero attached hydrogens (tertiary/aromatic N) is 4. The molecule has 0 aliphatic carbocycles. The van der Waals surface area contributed by atoms with E-state index >= 15 is 0 Å². The molecule has 0 aromatic carbocycles. The third-order valence-corrected chi connectivity index (χ3v) is 3.62. The van der Waals surface area contributed by atoms with Crippen LogP contribution in [0.5, 0.6) is 0 Å². The lowest BCUT2D eigenvalue weighted by Crippen LogP contribution is -2.23. The largest absolute Gasteiger partial charge is 0.394 e. The summed E-state index contributed by atoms with van der Waals surface area (Å²) in [7, 11) is 0. The molecule has 1 aliphatic rings. The van der Waals surface area contributed by atoms with Crippen LogP contribution in [0.15, 0.2) is 12.7 Å². The van der Waals surface area contributed by atoms with Crippen LogP contribution in [-0.4, -0.2) is 43.5 Å². The van der Waals surface area contributed by atoms with Gasteiger partial charge in [-0.1, -0.05) is 6.92 Å². The summed E-state index contributed by atoms with van der Waals surface area (Å²) in [5.41, 5.74) is 2.07. The lowest BCUT2D eigenvalue weighted by molar-refractivity contribution is -0.0366. The van der Waals surface area contributed by atoms with Crippen molar-refractivity contribution in [2.75, 3.05) is 6.61 Å². The van der Waals surface area contributed by atoms with Crippen molar-refractivity contribution < 1.29 is 14.2 Å². The van der Waals surface area contributed by atoms with Gasteiger partial charge in [0.1, 0.15) is 30.3 Å². The third-order valence-electron chi connectivity index (χ3n) is 3.62. The first kappa shape index (κ1) is 12.4. The number of alkyl halides is 1. The minimum Gasteiger partial charge on any atom is -0.394 e. The Hall–Kier alpha value is -1.60. The molecule has 1 aliphatic heterocycles. The molecule has 2 unspecified atom stereocenters. The van der Waals surface area contributed by atoms with Gasteiger partial charge in [0.25, 0.3) is 0 Å². The topological polar surface area (TPSA) is 73.1 Å². The molecule has 0 radical (unpaired) electrons. The first-order chi connectivity index (χ1) is 9.13. The molecule has 3 heterocycles. The Labute approximate surface area is 109 Å². The number of halogens is 1. The molecule has 3 rings (SSSR count). The molecule has 4 atom stereocenters. The second kappa shape index (κ2) is 4.50. The van der Waals surface area contributed by atoms with E-state index in [2.05, 4.69) is 15.0 Å². The van der Waals surface area contributed by atoms with Crippen molar-refractivity contribution in [3.8, 4) is 0 Å². The molecule has 0 spiro atoms. The maximum atomic E-state index is 14.0. The summed E-state index contributed by atoms with van der Waals surface area (Å²) >= 11 is 0. The van der Waals surface area contributed by atoms with Gasteiger partial charge in [-0.3, -0.25) is 4.57 Å². The third kappa shape index (κ3) is 1.81. The number of hydrogen-bond donors (Lipinski definition) is 1. The lowest BCUT2D eigenvalue weighted by atomic mass is 10.0. The minimum absolute atomic E-state index is 0.331. The molecule has 0 amide bonds. The zero-order chi connectivity index (χ0) is 13.6. The maximum absolute atomic E-state index is 14.0. The monoisotopic (exact) mass is 266 g/mol. The highest BCUT2D eigenvalue weighted by Gasteiger charge is 2.43. The smallest absolute Gasteiger partial charge is 0.165 e. The Bertz CT molecular complexity index is 602. The molecule has 7 heteroatoms. The number of aliphatic hydroxyl groups is 1. The highest BCUT2D eigenvalue weighted by atomic mass is 19.1. The first-order valence-electron chi connectivity index (χ1n) is 6.18. The van der Waals surface area contributed by atoms with Gasteiger partial charge in [-0.05, 0) is 6.92 Å². The second-order valence-corrected chi connectivity index (χ2v) is 4.83. The Morgan fingerprint density at radius 3 is 2.89 bits per heavy atom. The van der Waals surface area contributed by atoms with E-state index in [1.54, 1.807) is 17.8 Å². The normalized spacial score (nSPS) is 31.2. The van der Waals surface area contributed by atoms with Crippen molar-refractivity contribution in [2.24, 2.45) is 5.92 Å². The van der Waals surface area contributed by atoms with E-state index in [1.807, 2.05) is 6.92 Å². The molecule has 102 valence electrons. The van der Waals surface area contributed by atoms with Crippen LogP contribution >= 0.6 is 0 Å². The molecule has 1 N–H and O–H groups in total. The maximum Gasteiger partial charge on any atom is 0.165 e. The van der Waals surface area contributed by atoms with Crippen molar-refractivity contribution in [2.45, 2.75) is 32.4 Å². The molecular formula is C12H15FN4O2. The molecule has 2 aromatic rings.